The third-order valence-electron chi connectivity index (χ3n) is 6.36. The molecule has 0 amide bonds. The summed E-state index contributed by atoms with van der Waals surface area (Å²) in [5.41, 5.74) is 6.48. The Kier molecular flexibility index (Phi) is 7.30. The number of benzene rings is 3. The van der Waals surface area contributed by atoms with Crippen LogP contribution >= 0.6 is 0 Å². The van der Waals surface area contributed by atoms with E-state index in [1.165, 1.54) is 16.7 Å². The molecular formula is C30H37NO3. The average Bonchev–Trinajstić information content (AvgIpc) is 2.79. The fraction of sp³-hybridized carbons (Fsp3) is 0.400. The van der Waals surface area contributed by atoms with Gasteiger partial charge in [0.15, 0.2) is 0 Å². The zero-order valence-electron chi connectivity index (χ0n) is 21.2. The number of rotatable bonds is 8. The van der Waals surface area contributed by atoms with Gasteiger partial charge in [-0.15, -0.1) is 0 Å². The lowest BCUT2D eigenvalue weighted by Crippen LogP contribution is -2.51. The van der Waals surface area contributed by atoms with Gasteiger partial charge in [-0.25, -0.2) is 0 Å². The van der Waals surface area contributed by atoms with E-state index >= 15 is 0 Å². The van der Waals surface area contributed by atoms with Gasteiger partial charge in [-0.1, -0.05) is 54.1 Å². The Labute approximate surface area is 204 Å². The van der Waals surface area contributed by atoms with Gasteiger partial charge in [-0.3, -0.25) is 0 Å². The summed E-state index contributed by atoms with van der Waals surface area (Å²) in [6.07, 6.45) is -0.430. The van der Waals surface area contributed by atoms with E-state index in [1.54, 1.807) is 0 Å². The summed E-state index contributed by atoms with van der Waals surface area (Å²) >= 11 is 0. The van der Waals surface area contributed by atoms with Crippen LogP contribution < -0.4 is 10.1 Å². The summed E-state index contributed by atoms with van der Waals surface area (Å²) in [4.78, 5) is 0. The molecule has 0 bridgehead atoms. The molecule has 0 aliphatic carbocycles. The van der Waals surface area contributed by atoms with Crippen LogP contribution in [0.3, 0.4) is 0 Å². The second-order valence-electron chi connectivity index (χ2n) is 10.1. The van der Waals surface area contributed by atoms with E-state index in [1.807, 2.05) is 6.07 Å². The van der Waals surface area contributed by atoms with Crippen LogP contribution in [0.25, 0.3) is 0 Å². The molecular weight excluding hydrogens is 422 g/mol. The van der Waals surface area contributed by atoms with Crippen molar-refractivity contribution in [1.82, 2.24) is 0 Å². The molecule has 1 aliphatic heterocycles. The zero-order valence-corrected chi connectivity index (χ0v) is 21.2. The average molecular weight is 460 g/mol. The maximum absolute atomic E-state index is 6.51. The van der Waals surface area contributed by atoms with Crippen LogP contribution in [0.5, 0.6) is 5.75 Å². The number of fused-ring (bicyclic) bond motifs is 1. The molecule has 2 atom stereocenters. The van der Waals surface area contributed by atoms with Crippen molar-refractivity contribution in [3.05, 3.63) is 94.5 Å². The van der Waals surface area contributed by atoms with E-state index in [9.17, 15) is 0 Å². The van der Waals surface area contributed by atoms with Crippen LogP contribution in [0, 0.1) is 13.8 Å². The van der Waals surface area contributed by atoms with Gasteiger partial charge in [0.25, 0.3) is 0 Å². The molecule has 34 heavy (non-hydrogen) atoms. The summed E-state index contributed by atoms with van der Waals surface area (Å²) in [5, 5.41) is 3.57. The van der Waals surface area contributed by atoms with E-state index in [4.69, 9.17) is 14.2 Å². The first-order valence-electron chi connectivity index (χ1n) is 12.2. The molecule has 0 saturated carbocycles. The van der Waals surface area contributed by atoms with Gasteiger partial charge in [-0.2, -0.15) is 0 Å². The minimum Gasteiger partial charge on any atom is -0.485 e. The third-order valence-corrected chi connectivity index (χ3v) is 6.36. The first-order chi connectivity index (χ1) is 16.2. The van der Waals surface area contributed by atoms with Gasteiger partial charge in [0.2, 0.25) is 0 Å². The number of hydrogen-bond donors (Lipinski definition) is 1. The van der Waals surface area contributed by atoms with Crippen molar-refractivity contribution in [3.63, 3.8) is 0 Å². The standard InChI is InChI=1S/C30H37NO3/c1-20(2)33-28-26-17-25(31-18-24-10-8-7-9-22(24)4)15-16-27(26)34-30(5,6)29(28)32-19-23-13-11-21(3)12-14-23/h7-17,20,28-29,31H,18-19H2,1-6H3. The summed E-state index contributed by atoms with van der Waals surface area (Å²) < 4.78 is 19.4. The summed E-state index contributed by atoms with van der Waals surface area (Å²) in [6.45, 7) is 13.8. The van der Waals surface area contributed by atoms with Gasteiger partial charge in [0.05, 0.1) is 12.7 Å². The quantitative estimate of drug-likeness (QED) is 0.389. The molecule has 1 heterocycles. The van der Waals surface area contributed by atoms with Crippen molar-refractivity contribution in [2.24, 2.45) is 0 Å². The van der Waals surface area contributed by atoms with Crippen molar-refractivity contribution < 1.29 is 14.2 Å². The molecule has 0 radical (unpaired) electrons. The van der Waals surface area contributed by atoms with Crippen molar-refractivity contribution >= 4 is 5.69 Å². The minimum absolute atomic E-state index is 0.0563. The number of hydrogen-bond acceptors (Lipinski definition) is 4. The van der Waals surface area contributed by atoms with Crippen LogP contribution in [-0.2, 0) is 22.6 Å². The molecule has 3 aromatic carbocycles. The van der Waals surface area contributed by atoms with Gasteiger partial charge in [0, 0.05) is 17.8 Å². The lowest BCUT2D eigenvalue weighted by Gasteiger charge is -2.45. The molecule has 2 unspecified atom stereocenters. The largest absolute Gasteiger partial charge is 0.485 e. The lowest BCUT2D eigenvalue weighted by atomic mass is 9.87. The highest BCUT2D eigenvalue weighted by Gasteiger charge is 2.46. The highest BCUT2D eigenvalue weighted by molar-refractivity contribution is 5.54. The molecule has 1 aliphatic rings. The molecule has 0 aromatic heterocycles. The molecule has 0 spiro atoms. The second-order valence-corrected chi connectivity index (χ2v) is 10.1. The zero-order chi connectivity index (χ0) is 24.3. The first-order valence-corrected chi connectivity index (χ1v) is 12.2. The molecule has 1 N–H and O–H groups in total. The smallest absolute Gasteiger partial charge is 0.132 e. The first kappa shape index (κ1) is 24.3. The van der Waals surface area contributed by atoms with E-state index < -0.39 is 5.60 Å². The Bertz CT molecular complexity index is 1100. The maximum atomic E-state index is 6.51. The van der Waals surface area contributed by atoms with E-state index in [-0.39, 0.29) is 18.3 Å². The Morgan fingerprint density at radius 2 is 1.71 bits per heavy atom. The van der Waals surface area contributed by atoms with Gasteiger partial charge < -0.3 is 19.5 Å². The van der Waals surface area contributed by atoms with Crippen LogP contribution in [-0.4, -0.2) is 17.8 Å². The Morgan fingerprint density at radius 3 is 2.41 bits per heavy atom. The molecule has 0 saturated heterocycles. The highest BCUT2D eigenvalue weighted by Crippen LogP contribution is 2.45. The monoisotopic (exact) mass is 459 g/mol. The molecule has 4 rings (SSSR count). The molecule has 0 fully saturated rings. The number of ether oxygens (including phenoxy) is 3. The summed E-state index contributed by atoms with van der Waals surface area (Å²) in [6, 6.07) is 23.2. The predicted octanol–water partition coefficient (Wildman–Crippen LogP) is 7.14. The minimum atomic E-state index is -0.534. The van der Waals surface area contributed by atoms with Crippen molar-refractivity contribution in [3.8, 4) is 5.75 Å². The van der Waals surface area contributed by atoms with E-state index in [2.05, 4.69) is 108 Å². The predicted molar refractivity (Wildman–Crippen MR) is 138 cm³/mol. The fourth-order valence-corrected chi connectivity index (χ4v) is 4.44. The highest BCUT2D eigenvalue weighted by atomic mass is 16.6. The second kappa shape index (κ2) is 10.2. The SMILES string of the molecule is Cc1ccc(COC2C(OC(C)C)c3cc(NCc4ccccc4C)ccc3OC2(C)C)cc1. The maximum Gasteiger partial charge on any atom is 0.132 e. The van der Waals surface area contributed by atoms with Crippen LogP contribution in [0.4, 0.5) is 5.69 Å². The van der Waals surface area contributed by atoms with Gasteiger partial charge in [-0.05, 0) is 76.4 Å². The summed E-state index contributed by atoms with van der Waals surface area (Å²) in [7, 11) is 0. The van der Waals surface area contributed by atoms with Crippen molar-refractivity contribution in [2.75, 3.05) is 5.32 Å². The Balaban J connectivity index is 1.59. The molecule has 3 aromatic rings. The van der Waals surface area contributed by atoms with Crippen LogP contribution in [0.2, 0.25) is 0 Å². The molecule has 4 nitrogen and oxygen atoms in total. The normalized spacial score (nSPS) is 18.9. The van der Waals surface area contributed by atoms with E-state index in [0.29, 0.717) is 6.61 Å². The van der Waals surface area contributed by atoms with Crippen LogP contribution in [0.1, 0.15) is 61.6 Å². The number of aryl methyl sites for hydroxylation is 2. The van der Waals surface area contributed by atoms with Crippen LogP contribution in [0.15, 0.2) is 66.7 Å². The lowest BCUT2D eigenvalue weighted by molar-refractivity contribution is -0.177. The van der Waals surface area contributed by atoms with E-state index in [0.717, 1.165) is 29.1 Å². The summed E-state index contributed by atoms with van der Waals surface area (Å²) in [5.74, 6) is 0.854. The molecule has 4 heteroatoms. The van der Waals surface area contributed by atoms with Gasteiger partial charge in [0.1, 0.15) is 23.6 Å². The van der Waals surface area contributed by atoms with Crippen molar-refractivity contribution in [1.29, 1.82) is 0 Å². The number of anilines is 1. The third kappa shape index (κ3) is 5.63. The number of nitrogens with one attached hydrogen (secondary N) is 1. The van der Waals surface area contributed by atoms with Gasteiger partial charge >= 0.3 is 0 Å². The fourth-order valence-electron chi connectivity index (χ4n) is 4.44. The Morgan fingerprint density at radius 1 is 0.971 bits per heavy atom. The topological polar surface area (TPSA) is 39.7 Å². The van der Waals surface area contributed by atoms with Crippen molar-refractivity contribution in [2.45, 2.75) is 78.6 Å². The molecule has 180 valence electrons. The Hall–Kier alpha value is -2.82.